The fourth-order valence-corrected chi connectivity index (χ4v) is 4.50. The number of nitrogens with two attached hydrogens (primary N) is 1. The zero-order valence-electron chi connectivity index (χ0n) is 16.5. The number of benzene rings is 1. The van der Waals surface area contributed by atoms with Crippen LogP contribution in [-0.4, -0.2) is 39.5 Å². The molecule has 2 aliphatic rings. The van der Waals surface area contributed by atoms with E-state index in [-0.39, 0.29) is 18.3 Å². The number of hydrogen-bond donors (Lipinski definition) is 2. The molecule has 0 unspecified atom stereocenters. The first-order valence-electron chi connectivity index (χ1n) is 10.1. The number of hydrogen-bond acceptors (Lipinski definition) is 4. The van der Waals surface area contributed by atoms with Crippen molar-refractivity contribution in [1.29, 1.82) is 0 Å². The third kappa shape index (κ3) is 3.17. The van der Waals surface area contributed by atoms with Gasteiger partial charge in [0.15, 0.2) is 0 Å². The summed E-state index contributed by atoms with van der Waals surface area (Å²) in [5, 5.41) is 3.71. The van der Waals surface area contributed by atoms with Gasteiger partial charge < -0.3 is 20.5 Å². The highest BCUT2D eigenvalue weighted by Gasteiger charge is 2.41. The number of carbonyl (C=O) groups is 1. The molecule has 1 fully saturated rings. The van der Waals surface area contributed by atoms with Crippen LogP contribution in [0.3, 0.4) is 0 Å². The summed E-state index contributed by atoms with van der Waals surface area (Å²) in [7, 11) is 0. The van der Waals surface area contributed by atoms with Crippen molar-refractivity contribution < 1.29 is 9.18 Å². The topological polar surface area (TPSA) is 76.2 Å². The number of rotatable bonds is 4. The second kappa shape index (κ2) is 7.20. The normalized spacial score (nSPS) is 18.9. The van der Waals surface area contributed by atoms with E-state index in [0.29, 0.717) is 19.1 Å². The van der Waals surface area contributed by atoms with E-state index >= 15 is 0 Å². The van der Waals surface area contributed by atoms with Gasteiger partial charge in [0.05, 0.1) is 12.1 Å². The Bertz CT molecular complexity index is 868. The second-order valence-corrected chi connectivity index (χ2v) is 8.23. The Morgan fingerprint density at radius 1 is 1.25 bits per heavy atom. The van der Waals surface area contributed by atoms with E-state index in [2.05, 4.69) is 9.88 Å². The molecule has 1 aromatic heterocycles. The number of fused-ring (bicyclic) bond motifs is 1. The zero-order chi connectivity index (χ0) is 19.9. The van der Waals surface area contributed by atoms with Gasteiger partial charge in [-0.05, 0) is 51.0 Å². The Morgan fingerprint density at radius 2 is 1.93 bits per heavy atom. The van der Waals surface area contributed by atoms with Gasteiger partial charge in [-0.15, -0.1) is 0 Å². The number of imidazole rings is 1. The van der Waals surface area contributed by atoms with Crippen molar-refractivity contribution in [2.45, 2.75) is 57.7 Å². The van der Waals surface area contributed by atoms with Crippen LogP contribution in [0.4, 0.5) is 10.2 Å². The molecule has 1 aliphatic carbocycles. The molecular formula is C21H28FN5O. The number of anilines is 1. The van der Waals surface area contributed by atoms with Gasteiger partial charge in [-0.1, -0.05) is 12.8 Å². The molecule has 2 heterocycles. The molecule has 2 aromatic rings. The first kappa shape index (κ1) is 18.9. The Morgan fingerprint density at radius 3 is 2.57 bits per heavy atom. The highest BCUT2D eigenvalue weighted by Crippen LogP contribution is 2.39. The highest BCUT2D eigenvalue weighted by atomic mass is 19.1. The maximum absolute atomic E-state index is 13.5. The smallest absolute Gasteiger partial charge is 0.237 e. The lowest BCUT2D eigenvalue weighted by Crippen LogP contribution is -2.53. The minimum absolute atomic E-state index is 0.0118. The van der Waals surface area contributed by atoms with Crippen LogP contribution < -0.4 is 11.1 Å². The van der Waals surface area contributed by atoms with Crippen molar-refractivity contribution in [3.8, 4) is 11.3 Å². The average Bonchev–Trinajstić information content (AvgIpc) is 3.31. The van der Waals surface area contributed by atoms with Crippen LogP contribution in [0.5, 0.6) is 0 Å². The van der Waals surface area contributed by atoms with E-state index in [4.69, 9.17) is 10.7 Å². The Balaban J connectivity index is 1.81. The fraction of sp³-hybridized carbons (Fsp3) is 0.524. The first-order chi connectivity index (χ1) is 13.4. The van der Waals surface area contributed by atoms with Gasteiger partial charge in [0.2, 0.25) is 5.91 Å². The van der Waals surface area contributed by atoms with Gasteiger partial charge in [-0.2, -0.15) is 0 Å². The lowest BCUT2D eigenvalue weighted by molar-refractivity contribution is -0.137. The molecule has 28 heavy (non-hydrogen) atoms. The van der Waals surface area contributed by atoms with Gasteiger partial charge in [0.25, 0.3) is 0 Å². The standard InChI is InChI=1S/C21H28FN5O/c1-21(2)20-25-18(14-7-9-15(22)10-8-14)19(24-16-5-3-4-6-16)26(20)11-12-27(21)17(28)13-23/h7-10,16,24H,3-6,11-13,23H2,1-2H3. The number of carbonyl (C=O) groups excluding carboxylic acids is 1. The van der Waals surface area contributed by atoms with Gasteiger partial charge in [0, 0.05) is 24.7 Å². The molecule has 1 saturated carbocycles. The minimum atomic E-state index is -0.570. The van der Waals surface area contributed by atoms with Crippen molar-refractivity contribution in [1.82, 2.24) is 14.5 Å². The average molecular weight is 385 g/mol. The summed E-state index contributed by atoms with van der Waals surface area (Å²) in [5.41, 5.74) is 6.74. The summed E-state index contributed by atoms with van der Waals surface area (Å²) in [4.78, 5) is 19.1. The quantitative estimate of drug-likeness (QED) is 0.848. The summed E-state index contributed by atoms with van der Waals surface area (Å²) in [5.74, 6) is 1.47. The van der Waals surface area contributed by atoms with Crippen molar-refractivity contribution in [2.24, 2.45) is 5.73 Å². The fourth-order valence-electron chi connectivity index (χ4n) is 4.50. The molecule has 0 saturated heterocycles. The van der Waals surface area contributed by atoms with Gasteiger partial charge >= 0.3 is 0 Å². The molecule has 3 N–H and O–H groups in total. The van der Waals surface area contributed by atoms with Crippen molar-refractivity contribution >= 4 is 11.7 Å². The summed E-state index contributed by atoms with van der Waals surface area (Å²) < 4.78 is 15.7. The molecule has 1 aliphatic heterocycles. The number of halogens is 1. The third-order valence-corrected chi connectivity index (χ3v) is 6.03. The third-order valence-electron chi connectivity index (χ3n) is 6.03. The van der Waals surface area contributed by atoms with Crippen LogP contribution in [-0.2, 0) is 16.9 Å². The number of amides is 1. The first-order valence-corrected chi connectivity index (χ1v) is 10.1. The van der Waals surface area contributed by atoms with E-state index in [1.165, 1.54) is 25.0 Å². The van der Waals surface area contributed by atoms with Gasteiger partial charge in [-0.25, -0.2) is 9.37 Å². The molecule has 4 rings (SSSR count). The predicted octanol–water partition coefficient (Wildman–Crippen LogP) is 3.08. The van der Waals surface area contributed by atoms with Crippen LogP contribution in [0.1, 0.15) is 45.4 Å². The molecule has 0 atom stereocenters. The Labute approximate surface area is 164 Å². The summed E-state index contributed by atoms with van der Waals surface area (Å²) >= 11 is 0. The SMILES string of the molecule is CC1(C)c2nc(-c3ccc(F)cc3)c(NC3CCCC3)n2CCN1C(=O)CN. The maximum Gasteiger partial charge on any atom is 0.237 e. The minimum Gasteiger partial charge on any atom is -0.367 e. The van der Waals surface area contributed by atoms with Crippen molar-refractivity contribution in [3.63, 3.8) is 0 Å². The highest BCUT2D eigenvalue weighted by molar-refractivity contribution is 5.80. The van der Waals surface area contributed by atoms with Gasteiger partial charge in [-0.3, -0.25) is 4.79 Å². The summed E-state index contributed by atoms with van der Waals surface area (Å²) in [6.45, 7) is 5.25. The molecule has 1 aromatic carbocycles. The molecule has 1 amide bonds. The monoisotopic (exact) mass is 385 g/mol. The Kier molecular flexibility index (Phi) is 4.87. The summed E-state index contributed by atoms with van der Waals surface area (Å²) in [6.07, 6.45) is 4.75. The molecule has 0 radical (unpaired) electrons. The largest absolute Gasteiger partial charge is 0.367 e. The molecule has 7 heteroatoms. The van der Waals surface area contributed by atoms with Crippen molar-refractivity contribution in [2.75, 3.05) is 18.4 Å². The van der Waals surface area contributed by atoms with Crippen molar-refractivity contribution in [3.05, 3.63) is 35.9 Å². The molecule has 0 spiro atoms. The molecule has 6 nitrogen and oxygen atoms in total. The predicted molar refractivity (Wildman–Crippen MR) is 107 cm³/mol. The lowest BCUT2D eigenvalue weighted by atomic mass is 9.99. The maximum atomic E-state index is 13.5. The number of aromatic nitrogens is 2. The molecule has 0 bridgehead atoms. The Hall–Kier alpha value is -2.41. The van der Waals surface area contributed by atoms with Crippen LogP contribution >= 0.6 is 0 Å². The van der Waals surface area contributed by atoms with Crippen LogP contribution in [0, 0.1) is 5.82 Å². The van der Waals surface area contributed by atoms with Crippen LogP contribution in [0.25, 0.3) is 11.3 Å². The van der Waals surface area contributed by atoms with Crippen LogP contribution in [0.2, 0.25) is 0 Å². The van der Waals surface area contributed by atoms with Gasteiger partial charge in [0.1, 0.15) is 23.2 Å². The second-order valence-electron chi connectivity index (χ2n) is 8.23. The number of nitrogens with zero attached hydrogens (tertiary/aromatic N) is 3. The lowest BCUT2D eigenvalue weighted by Gasteiger charge is -2.42. The van der Waals surface area contributed by atoms with E-state index in [1.807, 2.05) is 18.7 Å². The van der Waals surface area contributed by atoms with Crippen LogP contribution in [0.15, 0.2) is 24.3 Å². The summed E-state index contributed by atoms with van der Waals surface area (Å²) in [6, 6.07) is 6.87. The molecule has 150 valence electrons. The van der Waals surface area contributed by atoms with E-state index < -0.39 is 5.54 Å². The van der Waals surface area contributed by atoms with E-state index in [0.717, 1.165) is 35.7 Å². The molecular weight excluding hydrogens is 357 g/mol. The number of nitrogens with one attached hydrogen (secondary N) is 1. The zero-order valence-corrected chi connectivity index (χ0v) is 16.5. The van der Waals surface area contributed by atoms with E-state index in [1.54, 1.807) is 12.1 Å². The van der Waals surface area contributed by atoms with E-state index in [9.17, 15) is 9.18 Å².